The van der Waals surface area contributed by atoms with Crippen LogP contribution in [-0.4, -0.2) is 118 Å². The molecule has 16 atom stereocenters. The Hall–Kier alpha value is -0.320. The van der Waals surface area contributed by atoms with Gasteiger partial charge in [0.15, 0.2) is 23.6 Å². The lowest BCUT2D eigenvalue weighted by Crippen LogP contribution is -2.73. The number of nitrogens with zero attached hydrogens (tertiary/aromatic N) is 4. The third-order valence-corrected chi connectivity index (χ3v) is 23.9. The zero-order valence-corrected chi connectivity index (χ0v) is 40.4. The first-order chi connectivity index (χ1) is 28.1. The number of quaternary nitrogens is 2. The van der Waals surface area contributed by atoms with Gasteiger partial charge in [-0.2, -0.15) is 0 Å². The SMILES string of the molecule is C=C(C)[C@@H]1CC[C@]2(CC(C(Cl)C(=O)[O-])C3CN4CC[N+]3(Cl)CC4)CC[C@]3(C)[C@H](CC[C@@H]4[C@@]5(C)CCC(C(C(Cl)C(=O)[O-])C6CN7CC[N+]6(Cl)CC7)C(C)(C)[C@@H]5CC[C@]43C)[C@@H]12. The number of hydrogen-bond acceptors (Lipinski definition) is 6. The van der Waals surface area contributed by atoms with Crippen molar-refractivity contribution in [2.24, 2.45) is 74.4 Å². The van der Waals surface area contributed by atoms with Crippen molar-refractivity contribution in [3.05, 3.63) is 12.2 Å². The van der Waals surface area contributed by atoms with Gasteiger partial charge in [-0.05, 0) is 140 Å². The fourth-order valence-electron chi connectivity index (χ4n) is 18.7. The molecule has 0 aromatic rings. The van der Waals surface area contributed by atoms with Crippen LogP contribution in [0, 0.1) is 74.4 Å². The zero-order chi connectivity index (χ0) is 43.2. The van der Waals surface area contributed by atoms with Crippen molar-refractivity contribution >= 4 is 58.7 Å². The molecule has 11 fully saturated rings. The van der Waals surface area contributed by atoms with Crippen LogP contribution >= 0.6 is 46.8 Å². The Morgan fingerprint density at radius 3 is 1.85 bits per heavy atom. The van der Waals surface area contributed by atoms with E-state index in [0.717, 1.165) is 117 Å². The van der Waals surface area contributed by atoms with Gasteiger partial charge in [0.05, 0.1) is 35.8 Å². The Balaban J connectivity index is 1.02. The summed E-state index contributed by atoms with van der Waals surface area (Å²) < 4.78 is 0.815. The largest absolute Gasteiger partial charge is 0.549 e. The van der Waals surface area contributed by atoms with Crippen LogP contribution in [0.3, 0.4) is 0 Å². The zero-order valence-electron chi connectivity index (χ0n) is 37.4. The average Bonchev–Trinajstić information content (AvgIpc) is 3.58. The maximum Gasteiger partial charge on any atom is 0.165 e. The summed E-state index contributed by atoms with van der Waals surface area (Å²) in [6.45, 7) is 28.5. The summed E-state index contributed by atoms with van der Waals surface area (Å²) in [5.41, 5.74) is 1.52. The van der Waals surface area contributed by atoms with Crippen LogP contribution in [0.15, 0.2) is 12.2 Å². The molecule has 4 bridgehead atoms. The summed E-state index contributed by atoms with van der Waals surface area (Å²) in [6, 6.07) is -0.0504. The topological polar surface area (TPSA) is 86.7 Å². The highest BCUT2D eigenvalue weighted by atomic mass is 35.5. The molecule has 11 aliphatic rings. The summed E-state index contributed by atoms with van der Waals surface area (Å²) >= 11 is 29.0. The maximum atomic E-state index is 12.7. The summed E-state index contributed by atoms with van der Waals surface area (Å²) in [5, 5.41) is 23.4. The van der Waals surface area contributed by atoms with E-state index in [0.29, 0.717) is 37.6 Å². The predicted molar refractivity (Wildman–Crippen MR) is 236 cm³/mol. The Bertz CT molecular complexity index is 1730. The number of halogens is 4. The van der Waals surface area contributed by atoms with Crippen molar-refractivity contribution in [1.82, 2.24) is 9.80 Å². The number of allylic oxidation sites excluding steroid dienone is 1. The summed E-state index contributed by atoms with van der Waals surface area (Å²) in [7, 11) is 0. The average molecular weight is 913 g/mol. The highest BCUT2D eigenvalue weighted by Gasteiger charge is 2.72. The number of hydrogen-bond donors (Lipinski definition) is 0. The summed E-state index contributed by atoms with van der Waals surface area (Å²) in [4.78, 5) is 30.4. The maximum absolute atomic E-state index is 12.7. The van der Waals surface area contributed by atoms with Gasteiger partial charge in [-0.15, -0.1) is 23.2 Å². The molecule has 60 heavy (non-hydrogen) atoms. The van der Waals surface area contributed by atoms with Crippen LogP contribution < -0.4 is 10.2 Å². The van der Waals surface area contributed by atoms with Crippen molar-refractivity contribution in [2.75, 3.05) is 65.4 Å². The fourth-order valence-corrected chi connectivity index (χ4v) is 20.0. The second-order valence-corrected chi connectivity index (χ2v) is 26.2. The van der Waals surface area contributed by atoms with Gasteiger partial charge in [0, 0.05) is 38.0 Å². The molecule has 0 spiro atoms. The first-order valence-corrected chi connectivity index (χ1v) is 25.5. The van der Waals surface area contributed by atoms with E-state index in [1.54, 1.807) is 0 Å². The molecule has 6 saturated heterocycles. The molecule has 8 nitrogen and oxygen atoms in total. The molecule has 5 aliphatic carbocycles. The van der Waals surface area contributed by atoms with E-state index in [1.165, 1.54) is 24.8 Å². The highest BCUT2D eigenvalue weighted by molar-refractivity contribution is 6.30. The van der Waals surface area contributed by atoms with Crippen LogP contribution in [0.4, 0.5) is 0 Å². The fraction of sp³-hybridized carbons (Fsp3) is 0.917. The number of carboxylic acids is 2. The van der Waals surface area contributed by atoms with Crippen molar-refractivity contribution in [3.8, 4) is 0 Å². The van der Waals surface area contributed by atoms with Gasteiger partial charge in [0.25, 0.3) is 0 Å². The molecule has 6 heterocycles. The Morgan fingerprint density at radius 1 is 0.717 bits per heavy atom. The van der Waals surface area contributed by atoms with E-state index >= 15 is 0 Å². The molecule has 0 radical (unpaired) electrons. The molecule has 12 heteroatoms. The molecule has 0 aromatic heterocycles. The lowest BCUT2D eigenvalue weighted by Gasteiger charge is -2.73. The minimum atomic E-state index is -1.15. The molecular formula is C48H74Cl4N4O4. The third kappa shape index (κ3) is 6.44. The molecular weight excluding hydrogens is 838 g/mol. The van der Waals surface area contributed by atoms with E-state index in [9.17, 15) is 19.8 Å². The van der Waals surface area contributed by atoms with Gasteiger partial charge >= 0.3 is 0 Å². The van der Waals surface area contributed by atoms with Gasteiger partial charge < -0.3 is 19.8 Å². The molecule has 0 aromatic carbocycles. The smallest absolute Gasteiger partial charge is 0.165 e. The number of alkyl halides is 2. The van der Waals surface area contributed by atoms with Crippen LogP contribution in [-0.2, 0) is 9.59 Å². The quantitative estimate of drug-likeness (QED) is 0.134. The second kappa shape index (κ2) is 15.1. The van der Waals surface area contributed by atoms with Crippen molar-refractivity contribution < 1.29 is 27.8 Å². The van der Waals surface area contributed by atoms with Gasteiger partial charge in [0.2, 0.25) is 0 Å². The summed E-state index contributed by atoms with van der Waals surface area (Å²) in [6.07, 6.45) is 12.0. The van der Waals surface area contributed by atoms with Crippen LogP contribution in [0.25, 0.3) is 0 Å². The monoisotopic (exact) mass is 910 g/mol. The van der Waals surface area contributed by atoms with E-state index in [-0.39, 0.29) is 56.9 Å². The van der Waals surface area contributed by atoms with E-state index in [4.69, 9.17) is 46.8 Å². The first kappa shape index (κ1) is 44.9. The number of aliphatic carboxylic acids is 2. The number of carboxylic acid groups (broad SMARTS) is 2. The van der Waals surface area contributed by atoms with Crippen molar-refractivity contribution in [2.45, 2.75) is 135 Å². The standard InChI is InChI=1S/C48H74Cl4N4O4/c1-29(2)30-10-15-48(26-31(40(49)42(57)58)34-27-53-18-22-55(34,51)23-19-53)17-16-46(6)33(39(30)48)8-9-37-45(5)13-11-32(44(3,4)36(45)12-14-47(37,46)7)38(41(50)43(59)60)35-28-54-20-24-56(35,52)25-21-54/h30-41H,1,8-28H2,2-7H3/t30-,31?,32?,33+,34?,35?,36-,37+,38?,39+,40?,41?,45-,46+,47+,48+/m0/s1. The van der Waals surface area contributed by atoms with Gasteiger partial charge in [-0.3, -0.25) is 9.80 Å². The van der Waals surface area contributed by atoms with Crippen molar-refractivity contribution in [1.29, 1.82) is 0 Å². The van der Waals surface area contributed by atoms with Crippen molar-refractivity contribution in [3.63, 3.8) is 0 Å². The van der Waals surface area contributed by atoms with Gasteiger partial charge in [-0.25, -0.2) is 8.00 Å². The number of carbonyl (C=O) groups is 2. The molecule has 5 saturated carbocycles. The lowest BCUT2D eigenvalue weighted by molar-refractivity contribution is -0.864. The minimum Gasteiger partial charge on any atom is -0.549 e. The van der Waals surface area contributed by atoms with Gasteiger partial charge in [-0.1, -0.05) is 46.8 Å². The highest BCUT2D eigenvalue weighted by Crippen LogP contribution is 2.79. The van der Waals surface area contributed by atoms with E-state index in [2.05, 4.69) is 57.9 Å². The Morgan fingerprint density at radius 2 is 1.30 bits per heavy atom. The van der Waals surface area contributed by atoms with Crippen LogP contribution in [0.5, 0.6) is 0 Å². The molecule has 0 N–H and O–H groups in total. The van der Waals surface area contributed by atoms with Crippen LogP contribution in [0.1, 0.15) is 112 Å². The molecule has 0 amide bonds. The lowest BCUT2D eigenvalue weighted by atomic mass is 9.31. The normalized spacial score (nSPS) is 52.2. The third-order valence-electron chi connectivity index (χ3n) is 21.8. The number of fused-ring (bicyclic) bond motifs is 13. The second-order valence-electron chi connectivity index (χ2n) is 23.9. The van der Waals surface area contributed by atoms with E-state index in [1.807, 2.05) is 0 Å². The van der Waals surface area contributed by atoms with Gasteiger partial charge in [0.1, 0.15) is 38.3 Å². The molecule has 6 aliphatic heterocycles. The molecule has 338 valence electrons. The van der Waals surface area contributed by atoms with E-state index < -0.39 is 22.7 Å². The number of carbonyl (C=O) groups excluding carboxylic acids is 2. The van der Waals surface area contributed by atoms with Crippen LogP contribution in [0.2, 0.25) is 0 Å². The molecule has 7 unspecified atom stereocenters. The number of rotatable bonds is 10. The Kier molecular flexibility index (Phi) is 11.3. The Labute approximate surface area is 381 Å². The first-order valence-electron chi connectivity index (χ1n) is 24.0. The molecule has 11 rings (SSSR count). The predicted octanol–water partition coefficient (Wildman–Crippen LogP) is 6.93. The minimum absolute atomic E-state index is 0.00582. The summed E-state index contributed by atoms with van der Waals surface area (Å²) in [5.74, 6) is -0.313. The number of piperazine rings is 6.